The highest BCUT2D eigenvalue weighted by atomic mass is 32.2. The van der Waals surface area contributed by atoms with Gasteiger partial charge in [-0.15, -0.1) is 0 Å². The molecule has 24 heavy (non-hydrogen) atoms. The SMILES string of the molecule is O=C(OCC(F)(F)S(=O)(=O)O)C12CC3CC4(CO)CC(C1)C2(C3)C4. The Kier molecular flexibility index (Phi) is 3.11. The Labute approximate surface area is 138 Å². The number of esters is 1. The van der Waals surface area contributed by atoms with Gasteiger partial charge in [0, 0.05) is 6.61 Å². The van der Waals surface area contributed by atoms with Crippen molar-refractivity contribution in [3.63, 3.8) is 0 Å². The summed E-state index contributed by atoms with van der Waals surface area (Å²) >= 11 is 0. The average molecular weight is 366 g/mol. The smallest absolute Gasteiger partial charge is 0.402 e. The number of hydrogen-bond acceptors (Lipinski definition) is 5. The van der Waals surface area contributed by atoms with Crippen LogP contribution in [0.1, 0.15) is 38.5 Å². The van der Waals surface area contributed by atoms with Crippen LogP contribution in [0.15, 0.2) is 0 Å². The third kappa shape index (κ3) is 1.81. The molecule has 1 spiro atoms. The van der Waals surface area contributed by atoms with E-state index in [2.05, 4.69) is 4.74 Å². The molecule has 136 valence electrons. The summed E-state index contributed by atoms with van der Waals surface area (Å²) in [7, 11) is -5.62. The van der Waals surface area contributed by atoms with Crippen LogP contribution in [0.3, 0.4) is 0 Å². The number of alkyl halides is 2. The van der Waals surface area contributed by atoms with Gasteiger partial charge >= 0.3 is 21.3 Å². The lowest BCUT2D eigenvalue weighted by molar-refractivity contribution is -0.191. The summed E-state index contributed by atoms with van der Waals surface area (Å²) < 4.78 is 61.2. The second kappa shape index (κ2) is 4.48. The van der Waals surface area contributed by atoms with Gasteiger partial charge in [-0.3, -0.25) is 9.35 Å². The minimum Gasteiger partial charge on any atom is -0.457 e. The highest BCUT2D eigenvalue weighted by Gasteiger charge is 2.80. The molecule has 4 fully saturated rings. The van der Waals surface area contributed by atoms with Crippen LogP contribution in [0, 0.1) is 28.1 Å². The molecule has 4 rings (SSSR count). The van der Waals surface area contributed by atoms with Crippen molar-refractivity contribution in [2.24, 2.45) is 28.1 Å². The highest BCUT2D eigenvalue weighted by molar-refractivity contribution is 7.86. The van der Waals surface area contributed by atoms with Gasteiger partial charge in [-0.25, -0.2) is 0 Å². The van der Waals surface area contributed by atoms with E-state index < -0.39 is 33.4 Å². The molecule has 3 bridgehead atoms. The monoisotopic (exact) mass is 366 g/mol. The van der Waals surface area contributed by atoms with Crippen LogP contribution in [0.4, 0.5) is 8.78 Å². The molecule has 0 radical (unpaired) electrons. The van der Waals surface area contributed by atoms with E-state index in [4.69, 9.17) is 4.55 Å². The fourth-order valence-corrected chi connectivity index (χ4v) is 6.76. The molecular weight excluding hydrogens is 346 g/mol. The lowest BCUT2D eigenvalue weighted by Gasteiger charge is -2.57. The van der Waals surface area contributed by atoms with Gasteiger partial charge in [0.25, 0.3) is 0 Å². The summed E-state index contributed by atoms with van der Waals surface area (Å²) in [6, 6.07) is 0. The predicted molar refractivity (Wildman–Crippen MR) is 76.5 cm³/mol. The van der Waals surface area contributed by atoms with Gasteiger partial charge in [-0.2, -0.15) is 17.2 Å². The first kappa shape index (κ1) is 16.7. The summed E-state index contributed by atoms with van der Waals surface area (Å²) in [6.07, 6.45) is 4.38. The molecule has 5 atom stereocenters. The first-order valence-corrected chi connectivity index (χ1v) is 9.56. The zero-order chi connectivity index (χ0) is 17.6. The number of ether oxygens (including phenoxy) is 1. The maximum absolute atomic E-state index is 13.3. The lowest BCUT2D eigenvalue weighted by atomic mass is 9.46. The van der Waals surface area contributed by atoms with E-state index in [9.17, 15) is 27.1 Å². The zero-order valence-electron chi connectivity index (χ0n) is 13.0. The predicted octanol–water partition coefficient (Wildman–Crippen LogP) is 1.59. The Morgan fingerprint density at radius 3 is 2.54 bits per heavy atom. The Morgan fingerprint density at radius 2 is 1.92 bits per heavy atom. The second-order valence-electron chi connectivity index (χ2n) is 8.35. The van der Waals surface area contributed by atoms with Gasteiger partial charge in [-0.05, 0) is 61.2 Å². The van der Waals surface area contributed by atoms with Crippen molar-refractivity contribution >= 4 is 16.1 Å². The summed E-state index contributed by atoms with van der Waals surface area (Å²) in [6.45, 7) is -1.59. The molecule has 9 heteroatoms. The van der Waals surface area contributed by atoms with Crippen molar-refractivity contribution in [1.82, 2.24) is 0 Å². The van der Waals surface area contributed by atoms with Crippen molar-refractivity contribution in [3.8, 4) is 0 Å². The van der Waals surface area contributed by atoms with E-state index in [-0.39, 0.29) is 23.4 Å². The quantitative estimate of drug-likeness (QED) is 0.566. The summed E-state index contributed by atoms with van der Waals surface area (Å²) in [4.78, 5) is 12.6. The normalized spacial score (nSPS) is 45.8. The Bertz CT molecular complexity index is 705. The van der Waals surface area contributed by atoms with E-state index in [1.807, 2.05) is 0 Å². The Balaban J connectivity index is 1.55. The van der Waals surface area contributed by atoms with E-state index in [0.717, 1.165) is 19.3 Å². The lowest BCUT2D eigenvalue weighted by Crippen LogP contribution is -2.57. The second-order valence-corrected chi connectivity index (χ2v) is 9.89. The van der Waals surface area contributed by atoms with E-state index in [0.29, 0.717) is 25.2 Å². The minimum atomic E-state index is -5.62. The standard InChI is InChI=1S/C15H20F2O6S/c16-15(17,24(20,21)22)8-23-11(19)13-2-9-1-12(7-18)4-10(5-13)14(13,3-9)6-12/h9-10,18H,1-8H2,(H,20,21,22). The van der Waals surface area contributed by atoms with E-state index in [1.54, 1.807) is 0 Å². The van der Waals surface area contributed by atoms with Crippen LogP contribution in [-0.2, 0) is 19.6 Å². The molecule has 4 aliphatic rings. The van der Waals surface area contributed by atoms with Crippen LogP contribution < -0.4 is 0 Å². The molecule has 4 aliphatic carbocycles. The maximum atomic E-state index is 13.3. The fraction of sp³-hybridized carbons (Fsp3) is 0.933. The molecule has 4 saturated carbocycles. The van der Waals surface area contributed by atoms with Crippen molar-refractivity contribution in [2.75, 3.05) is 13.2 Å². The topological polar surface area (TPSA) is 101 Å². The summed E-state index contributed by atoms with van der Waals surface area (Å²) in [5, 5.41) is 5.28. The van der Waals surface area contributed by atoms with Gasteiger partial charge in [0.05, 0.1) is 5.41 Å². The first-order valence-electron chi connectivity index (χ1n) is 8.12. The third-order valence-electron chi connectivity index (χ3n) is 7.19. The molecule has 0 aliphatic heterocycles. The zero-order valence-corrected chi connectivity index (χ0v) is 13.8. The molecule has 0 saturated heterocycles. The minimum absolute atomic E-state index is 0.0771. The number of rotatable bonds is 5. The van der Waals surface area contributed by atoms with Gasteiger partial charge in [0.1, 0.15) is 0 Å². The Hall–Kier alpha value is -0.800. The summed E-state index contributed by atoms with van der Waals surface area (Å²) in [5.41, 5.74) is -1.28. The fourth-order valence-electron chi connectivity index (χ4n) is 6.55. The molecule has 2 N–H and O–H groups in total. The number of fused-ring (bicyclic) bond motifs is 2. The largest absolute Gasteiger partial charge is 0.457 e. The van der Waals surface area contributed by atoms with Gasteiger partial charge < -0.3 is 9.84 Å². The van der Waals surface area contributed by atoms with Crippen molar-refractivity contribution < 1.29 is 36.4 Å². The number of aliphatic hydroxyl groups excluding tert-OH is 1. The third-order valence-corrected chi connectivity index (χ3v) is 8.06. The number of hydrogen-bond donors (Lipinski definition) is 2. The van der Waals surface area contributed by atoms with Crippen LogP contribution in [0.5, 0.6) is 0 Å². The Morgan fingerprint density at radius 1 is 1.21 bits per heavy atom. The molecule has 0 aromatic rings. The number of aliphatic hydroxyl groups is 1. The van der Waals surface area contributed by atoms with Crippen LogP contribution in [0.2, 0.25) is 0 Å². The summed E-state index contributed by atoms with van der Waals surface area (Å²) in [5.74, 6) is -0.208. The molecule has 5 unspecified atom stereocenters. The molecule has 6 nitrogen and oxygen atoms in total. The molecule has 0 aromatic carbocycles. The van der Waals surface area contributed by atoms with Crippen LogP contribution in [0.25, 0.3) is 0 Å². The number of carbonyl (C=O) groups is 1. The van der Waals surface area contributed by atoms with Gasteiger partial charge in [0.2, 0.25) is 0 Å². The van der Waals surface area contributed by atoms with Gasteiger partial charge in [-0.1, -0.05) is 0 Å². The van der Waals surface area contributed by atoms with E-state index >= 15 is 0 Å². The average Bonchev–Trinajstić information content (AvgIpc) is 2.78. The number of carbonyl (C=O) groups excluding carboxylic acids is 1. The van der Waals surface area contributed by atoms with Gasteiger partial charge in [0.15, 0.2) is 6.61 Å². The molecule has 0 aromatic heterocycles. The van der Waals surface area contributed by atoms with Crippen molar-refractivity contribution in [2.45, 2.75) is 43.8 Å². The highest BCUT2D eigenvalue weighted by Crippen LogP contribution is 2.84. The van der Waals surface area contributed by atoms with Crippen LogP contribution >= 0.6 is 0 Å². The molecule has 0 heterocycles. The van der Waals surface area contributed by atoms with Crippen LogP contribution in [-0.4, -0.2) is 42.5 Å². The first-order chi connectivity index (χ1) is 11.0. The maximum Gasteiger partial charge on any atom is 0.402 e. The molecule has 0 amide bonds. The number of halogens is 2. The molecular formula is C15H20F2O6S. The van der Waals surface area contributed by atoms with Crippen molar-refractivity contribution in [3.05, 3.63) is 0 Å². The van der Waals surface area contributed by atoms with Crippen molar-refractivity contribution in [1.29, 1.82) is 0 Å². The van der Waals surface area contributed by atoms with E-state index in [1.165, 1.54) is 0 Å².